The molecule has 0 atom stereocenters. The van der Waals surface area contributed by atoms with Gasteiger partial charge in [0.15, 0.2) is 0 Å². The molecule has 21 heavy (non-hydrogen) atoms. The fourth-order valence-corrected chi connectivity index (χ4v) is 2.17. The Labute approximate surface area is 126 Å². The van der Waals surface area contributed by atoms with E-state index in [0.717, 1.165) is 6.54 Å². The third kappa shape index (κ3) is 5.94. The summed E-state index contributed by atoms with van der Waals surface area (Å²) in [5.74, 6) is 5.49. The van der Waals surface area contributed by atoms with Crippen LogP contribution in [0.2, 0.25) is 0 Å². The molecule has 114 valence electrons. The van der Waals surface area contributed by atoms with Gasteiger partial charge in [-0.15, -0.1) is 0 Å². The summed E-state index contributed by atoms with van der Waals surface area (Å²) in [4.78, 5) is 18.4. The molecule has 1 aromatic rings. The Bertz CT molecular complexity index is 541. The van der Waals surface area contributed by atoms with Crippen LogP contribution in [0.1, 0.15) is 29.8 Å². The van der Waals surface area contributed by atoms with Gasteiger partial charge in [0.2, 0.25) is 0 Å². The van der Waals surface area contributed by atoms with Crippen molar-refractivity contribution in [1.82, 2.24) is 15.2 Å². The highest BCUT2D eigenvalue weighted by Crippen LogP contribution is 2.15. The van der Waals surface area contributed by atoms with Crippen LogP contribution in [-0.4, -0.2) is 49.5 Å². The zero-order chi connectivity index (χ0) is 15.9. The van der Waals surface area contributed by atoms with Crippen LogP contribution in [0.5, 0.6) is 0 Å². The molecule has 0 aliphatic rings. The number of hydrogen-bond donors (Lipinski definition) is 2. The van der Waals surface area contributed by atoms with Crippen molar-refractivity contribution in [3.8, 4) is 11.8 Å². The van der Waals surface area contributed by atoms with E-state index >= 15 is 0 Å². The summed E-state index contributed by atoms with van der Waals surface area (Å²) in [6.45, 7) is 5.98. The maximum absolute atomic E-state index is 12.3. The normalized spacial score (nSPS) is 11.0. The fourth-order valence-electron chi connectivity index (χ4n) is 2.17. The summed E-state index contributed by atoms with van der Waals surface area (Å²) < 4.78 is 0. The van der Waals surface area contributed by atoms with Gasteiger partial charge in [-0.25, -0.2) is 0 Å². The first-order valence-electron chi connectivity index (χ1n) is 6.91. The van der Waals surface area contributed by atoms with Gasteiger partial charge in [0.05, 0.1) is 17.7 Å². The summed E-state index contributed by atoms with van der Waals surface area (Å²) >= 11 is 0. The Kier molecular flexibility index (Phi) is 6.35. The zero-order valence-corrected chi connectivity index (χ0v) is 13.2. The molecule has 0 radical (unpaired) electrons. The summed E-state index contributed by atoms with van der Waals surface area (Å²) in [7, 11) is 4.04. The van der Waals surface area contributed by atoms with Crippen LogP contribution in [0.3, 0.4) is 0 Å². The second kappa shape index (κ2) is 7.77. The number of nitrogens with one attached hydrogen (secondary N) is 1. The van der Waals surface area contributed by atoms with Gasteiger partial charge >= 0.3 is 0 Å². The van der Waals surface area contributed by atoms with E-state index in [9.17, 15) is 4.79 Å². The van der Waals surface area contributed by atoms with Crippen LogP contribution < -0.4 is 11.1 Å². The molecule has 1 rings (SSSR count). The molecule has 3 N–H and O–H groups in total. The molecule has 0 fully saturated rings. The monoisotopic (exact) mass is 288 g/mol. The minimum absolute atomic E-state index is 0.00467. The van der Waals surface area contributed by atoms with E-state index < -0.39 is 0 Å². The van der Waals surface area contributed by atoms with Crippen molar-refractivity contribution in [1.29, 1.82) is 0 Å². The van der Waals surface area contributed by atoms with Crippen LogP contribution in [0.4, 0.5) is 0 Å². The quantitative estimate of drug-likeness (QED) is 0.783. The molecule has 5 nitrogen and oxygen atoms in total. The van der Waals surface area contributed by atoms with Gasteiger partial charge in [-0.05, 0) is 25.6 Å². The average molecular weight is 288 g/mol. The first-order chi connectivity index (χ1) is 9.85. The molecule has 0 aliphatic heterocycles. The molecule has 0 saturated carbocycles. The predicted octanol–water partition coefficient (Wildman–Crippen LogP) is 0.709. The molecule has 1 aromatic heterocycles. The summed E-state index contributed by atoms with van der Waals surface area (Å²) in [5, 5.41) is 2.97. The molecule has 0 spiro atoms. The Balaban J connectivity index is 2.77. The number of carbonyl (C=O) groups is 1. The van der Waals surface area contributed by atoms with E-state index in [2.05, 4.69) is 40.9 Å². The summed E-state index contributed by atoms with van der Waals surface area (Å²) in [6.07, 6.45) is 3.18. The Morgan fingerprint density at radius 3 is 2.81 bits per heavy atom. The van der Waals surface area contributed by atoms with Crippen molar-refractivity contribution in [2.75, 3.05) is 33.7 Å². The Morgan fingerprint density at radius 1 is 1.48 bits per heavy atom. The van der Waals surface area contributed by atoms with Gasteiger partial charge < -0.3 is 16.0 Å². The Morgan fingerprint density at radius 2 is 2.19 bits per heavy atom. The molecule has 0 bridgehead atoms. The van der Waals surface area contributed by atoms with Gasteiger partial charge in [-0.1, -0.05) is 25.7 Å². The predicted molar refractivity (Wildman–Crippen MR) is 84.8 cm³/mol. The van der Waals surface area contributed by atoms with Crippen molar-refractivity contribution < 1.29 is 4.79 Å². The number of rotatable bonds is 5. The van der Waals surface area contributed by atoms with Gasteiger partial charge in [0.25, 0.3) is 5.91 Å². The smallest absolute Gasteiger partial charge is 0.252 e. The molecule has 5 heteroatoms. The van der Waals surface area contributed by atoms with E-state index in [-0.39, 0.29) is 17.9 Å². The van der Waals surface area contributed by atoms with Crippen molar-refractivity contribution in [2.45, 2.75) is 13.8 Å². The maximum Gasteiger partial charge on any atom is 0.252 e. The molecule has 1 heterocycles. The molecule has 0 unspecified atom stereocenters. The molecular formula is C16H24N4O. The van der Waals surface area contributed by atoms with E-state index in [4.69, 9.17) is 5.73 Å². The molecule has 1 amide bonds. The number of pyridine rings is 1. The third-order valence-corrected chi connectivity index (χ3v) is 2.86. The molecular weight excluding hydrogens is 264 g/mol. The highest BCUT2D eigenvalue weighted by atomic mass is 16.1. The number of nitrogens with zero attached hydrogens (tertiary/aromatic N) is 2. The Hall–Kier alpha value is -1.90. The van der Waals surface area contributed by atoms with E-state index in [0.29, 0.717) is 17.7 Å². The minimum Gasteiger partial charge on any atom is -0.351 e. The van der Waals surface area contributed by atoms with Gasteiger partial charge in [0.1, 0.15) is 0 Å². The van der Waals surface area contributed by atoms with Crippen LogP contribution in [-0.2, 0) is 0 Å². The van der Waals surface area contributed by atoms with Crippen LogP contribution in [0, 0.1) is 17.3 Å². The van der Waals surface area contributed by atoms with Crippen molar-refractivity contribution in [2.24, 2.45) is 11.1 Å². The van der Waals surface area contributed by atoms with E-state index in [1.807, 2.05) is 14.1 Å². The first kappa shape index (κ1) is 17.2. The second-order valence-electron chi connectivity index (χ2n) is 6.01. The first-order valence-corrected chi connectivity index (χ1v) is 6.91. The van der Waals surface area contributed by atoms with Crippen molar-refractivity contribution in [3.05, 3.63) is 29.6 Å². The highest BCUT2D eigenvalue weighted by Gasteiger charge is 2.20. The SMILES string of the molecule is CN(C)CC(C)(C)CNC(=O)c1ccncc1C#CCN. The molecule has 0 aliphatic carbocycles. The fraction of sp³-hybridized carbons (Fsp3) is 0.500. The van der Waals surface area contributed by atoms with Gasteiger partial charge in [0, 0.05) is 25.5 Å². The third-order valence-electron chi connectivity index (χ3n) is 2.86. The lowest BCUT2D eigenvalue weighted by Gasteiger charge is -2.28. The summed E-state index contributed by atoms with van der Waals surface area (Å²) in [5.41, 5.74) is 6.50. The second-order valence-corrected chi connectivity index (χ2v) is 6.01. The van der Waals surface area contributed by atoms with Crippen LogP contribution in [0.25, 0.3) is 0 Å². The lowest BCUT2D eigenvalue weighted by atomic mass is 9.93. The molecule has 0 aromatic carbocycles. The van der Waals surface area contributed by atoms with Crippen molar-refractivity contribution >= 4 is 5.91 Å². The van der Waals surface area contributed by atoms with Crippen LogP contribution >= 0.6 is 0 Å². The lowest BCUT2D eigenvalue weighted by Crippen LogP contribution is -2.40. The largest absolute Gasteiger partial charge is 0.351 e. The maximum atomic E-state index is 12.3. The van der Waals surface area contributed by atoms with E-state index in [1.165, 1.54) is 0 Å². The van der Waals surface area contributed by atoms with Crippen LogP contribution in [0.15, 0.2) is 18.5 Å². The number of hydrogen-bond acceptors (Lipinski definition) is 4. The topological polar surface area (TPSA) is 71.2 Å². The minimum atomic E-state index is -0.134. The van der Waals surface area contributed by atoms with Gasteiger partial charge in [-0.3, -0.25) is 9.78 Å². The number of nitrogens with two attached hydrogens (primary N) is 1. The van der Waals surface area contributed by atoms with Gasteiger partial charge in [-0.2, -0.15) is 0 Å². The molecule has 0 saturated heterocycles. The lowest BCUT2D eigenvalue weighted by molar-refractivity contribution is 0.0929. The van der Waals surface area contributed by atoms with E-state index in [1.54, 1.807) is 18.5 Å². The number of carbonyl (C=O) groups excluding carboxylic acids is 1. The average Bonchev–Trinajstić information content (AvgIpc) is 2.41. The number of aromatic nitrogens is 1. The zero-order valence-electron chi connectivity index (χ0n) is 13.2. The summed E-state index contributed by atoms with van der Waals surface area (Å²) in [6, 6.07) is 1.68. The number of amides is 1. The standard InChI is InChI=1S/C16H24N4O/c1-16(2,12-20(3)4)11-19-15(21)14-7-9-18-10-13(14)6-5-8-17/h7,9-10H,8,11-12,17H2,1-4H3,(H,19,21). The van der Waals surface area contributed by atoms with Crippen molar-refractivity contribution in [3.63, 3.8) is 0 Å². The highest BCUT2D eigenvalue weighted by molar-refractivity contribution is 5.96.